The molecule has 1 aromatic heterocycles. The molecule has 1 aromatic carbocycles. The number of aromatic carboxylic acids is 1. The van der Waals surface area contributed by atoms with Gasteiger partial charge in [-0.05, 0) is 19.1 Å². The number of rotatable bonds is 3. The predicted molar refractivity (Wildman–Crippen MR) is 66.2 cm³/mol. The summed E-state index contributed by atoms with van der Waals surface area (Å²) in [5.41, 5.74) is 6.47. The van der Waals surface area contributed by atoms with E-state index in [9.17, 15) is 4.79 Å². The van der Waals surface area contributed by atoms with Gasteiger partial charge in [0.1, 0.15) is 5.56 Å². The summed E-state index contributed by atoms with van der Waals surface area (Å²) in [5, 5.41) is 15.7. The summed E-state index contributed by atoms with van der Waals surface area (Å²) in [4.78, 5) is 11.1. The fraction of sp³-hybridized carbons (Fsp3) is 0.0909. The van der Waals surface area contributed by atoms with Crippen LogP contribution in [-0.4, -0.2) is 21.3 Å². The number of nitrogens with two attached hydrogens (primary N) is 1. The largest absolute Gasteiger partial charge is 0.478 e. The van der Waals surface area contributed by atoms with Gasteiger partial charge in [0, 0.05) is 17.4 Å². The zero-order chi connectivity index (χ0) is 13.3. The minimum atomic E-state index is -1.17. The van der Waals surface area contributed by atoms with Crippen molar-refractivity contribution >= 4 is 23.3 Å². The summed E-state index contributed by atoms with van der Waals surface area (Å²) >= 11 is 5.93. The van der Waals surface area contributed by atoms with Gasteiger partial charge in [-0.1, -0.05) is 11.6 Å². The van der Waals surface area contributed by atoms with Crippen molar-refractivity contribution in [1.29, 1.82) is 0 Å². The normalized spacial score (nSPS) is 10.3. The Kier molecular flexibility index (Phi) is 3.12. The smallest absolute Gasteiger partial charge is 0.339 e. The highest BCUT2D eigenvalue weighted by Crippen LogP contribution is 2.34. The van der Waals surface area contributed by atoms with Crippen LogP contribution in [0.4, 0.5) is 5.69 Å². The molecule has 0 unspecified atom stereocenters. The molecule has 0 saturated carbocycles. The highest BCUT2D eigenvalue weighted by atomic mass is 35.5. The number of nitrogens with one attached hydrogen (secondary N) is 1. The number of nitrogens with zero attached hydrogens (tertiary/aromatic N) is 1. The SMILES string of the molecule is Cc1cc(Oc2c(Cl)cc(N)cc2C(=O)O)n[nH]1. The van der Waals surface area contributed by atoms with Crippen molar-refractivity contribution in [3.05, 3.63) is 34.5 Å². The monoisotopic (exact) mass is 267 g/mol. The molecule has 0 bridgehead atoms. The van der Waals surface area contributed by atoms with Crippen molar-refractivity contribution in [2.24, 2.45) is 0 Å². The molecule has 6 nitrogen and oxygen atoms in total. The summed E-state index contributed by atoms with van der Waals surface area (Å²) in [6, 6.07) is 4.32. The minimum Gasteiger partial charge on any atom is -0.478 e. The lowest BCUT2D eigenvalue weighted by molar-refractivity contribution is 0.0694. The van der Waals surface area contributed by atoms with Gasteiger partial charge in [0.25, 0.3) is 0 Å². The molecule has 0 amide bonds. The van der Waals surface area contributed by atoms with Gasteiger partial charge >= 0.3 is 5.97 Å². The second kappa shape index (κ2) is 4.58. The van der Waals surface area contributed by atoms with E-state index >= 15 is 0 Å². The molecular formula is C11H10ClN3O3. The van der Waals surface area contributed by atoms with Crippen molar-refractivity contribution in [1.82, 2.24) is 10.2 Å². The molecular weight excluding hydrogens is 258 g/mol. The van der Waals surface area contributed by atoms with Crippen LogP contribution in [0.25, 0.3) is 0 Å². The number of H-pyrrole nitrogens is 1. The summed E-state index contributed by atoms with van der Waals surface area (Å²) < 4.78 is 5.37. The third kappa shape index (κ3) is 2.38. The zero-order valence-electron chi connectivity index (χ0n) is 9.40. The Morgan fingerprint density at radius 2 is 2.22 bits per heavy atom. The molecule has 2 aromatic rings. The Morgan fingerprint density at radius 3 is 2.78 bits per heavy atom. The first kappa shape index (κ1) is 12.3. The van der Waals surface area contributed by atoms with E-state index in [4.69, 9.17) is 27.2 Å². The van der Waals surface area contributed by atoms with Gasteiger partial charge in [-0.15, -0.1) is 5.10 Å². The second-order valence-electron chi connectivity index (χ2n) is 3.68. The third-order valence-electron chi connectivity index (χ3n) is 2.19. The fourth-order valence-corrected chi connectivity index (χ4v) is 1.69. The maximum atomic E-state index is 11.1. The van der Waals surface area contributed by atoms with E-state index in [2.05, 4.69) is 10.2 Å². The van der Waals surface area contributed by atoms with Crippen molar-refractivity contribution in [2.75, 3.05) is 5.73 Å². The second-order valence-corrected chi connectivity index (χ2v) is 4.08. The Balaban J connectivity index is 2.46. The van der Waals surface area contributed by atoms with Crippen LogP contribution in [0.5, 0.6) is 11.6 Å². The van der Waals surface area contributed by atoms with E-state index in [0.717, 1.165) is 5.69 Å². The number of hydrogen-bond acceptors (Lipinski definition) is 4. The van der Waals surface area contributed by atoms with Crippen LogP contribution < -0.4 is 10.5 Å². The molecule has 0 aliphatic heterocycles. The summed E-state index contributed by atoms with van der Waals surface area (Å²) in [6.07, 6.45) is 0. The number of carboxylic acid groups (broad SMARTS) is 1. The number of aromatic amines is 1. The summed E-state index contributed by atoms with van der Waals surface area (Å²) in [5.74, 6) is -0.919. The number of anilines is 1. The first-order valence-corrected chi connectivity index (χ1v) is 5.37. The van der Waals surface area contributed by atoms with Crippen LogP contribution in [0.2, 0.25) is 5.02 Å². The number of halogens is 1. The van der Waals surface area contributed by atoms with Crippen molar-refractivity contribution in [2.45, 2.75) is 6.92 Å². The average Bonchev–Trinajstić information content (AvgIpc) is 2.67. The molecule has 2 rings (SSSR count). The van der Waals surface area contributed by atoms with Crippen LogP contribution in [-0.2, 0) is 0 Å². The van der Waals surface area contributed by atoms with Gasteiger partial charge in [-0.2, -0.15) is 0 Å². The fourth-order valence-electron chi connectivity index (χ4n) is 1.43. The molecule has 0 radical (unpaired) electrons. The van der Waals surface area contributed by atoms with Gasteiger partial charge < -0.3 is 15.6 Å². The lowest BCUT2D eigenvalue weighted by atomic mass is 10.2. The molecule has 4 N–H and O–H groups in total. The number of benzene rings is 1. The lowest BCUT2D eigenvalue weighted by Crippen LogP contribution is -2.02. The maximum absolute atomic E-state index is 11.1. The quantitative estimate of drug-likeness (QED) is 0.742. The zero-order valence-corrected chi connectivity index (χ0v) is 10.2. The molecule has 0 aliphatic rings. The van der Waals surface area contributed by atoms with Crippen molar-refractivity contribution < 1.29 is 14.6 Å². The molecule has 0 atom stereocenters. The Bertz CT molecular complexity index is 610. The van der Waals surface area contributed by atoms with Gasteiger partial charge in [-0.3, -0.25) is 5.10 Å². The highest BCUT2D eigenvalue weighted by Gasteiger charge is 2.17. The van der Waals surface area contributed by atoms with Gasteiger partial charge in [0.2, 0.25) is 5.88 Å². The van der Waals surface area contributed by atoms with E-state index in [-0.39, 0.29) is 27.9 Å². The standard InChI is InChI=1S/C11H10ClN3O3/c1-5-2-9(15-14-5)18-10-7(11(16)17)3-6(13)4-8(10)12/h2-4H,13H2,1H3,(H,14,15)(H,16,17). The topological polar surface area (TPSA) is 101 Å². The first-order valence-electron chi connectivity index (χ1n) is 4.99. The Hall–Kier alpha value is -2.21. The molecule has 1 heterocycles. The van der Waals surface area contributed by atoms with Crippen molar-refractivity contribution in [3.63, 3.8) is 0 Å². The van der Waals surface area contributed by atoms with Crippen LogP contribution >= 0.6 is 11.6 Å². The molecule has 7 heteroatoms. The van der Waals surface area contributed by atoms with E-state index in [0.29, 0.717) is 0 Å². The molecule has 94 valence electrons. The van der Waals surface area contributed by atoms with E-state index in [1.165, 1.54) is 12.1 Å². The Morgan fingerprint density at radius 1 is 1.50 bits per heavy atom. The number of carboxylic acids is 1. The molecule has 0 aliphatic carbocycles. The number of aryl methyl sites for hydroxylation is 1. The van der Waals surface area contributed by atoms with Crippen LogP contribution in [0.1, 0.15) is 16.1 Å². The van der Waals surface area contributed by atoms with E-state index < -0.39 is 5.97 Å². The minimum absolute atomic E-state index is 0.0184. The third-order valence-corrected chi connectivity index (χ3v) is 2.47. The lowest BCUT2D eigenvalue weighted by Gasteiger charge is -2.09. The van der Waals surface area contributed by atoms with E-state index in [1.807, 2.05) is 0 Å². The summed E-state index contributed by atoms with van der Waals surface area (Å²) in [7, 11) is 0. The number of ether oxygens (including phenoxy) is 1. The van der Waals surface area contributed by atoms with Gasteiger partial charge in [-0.25, -0.2) is 4.79 Å². The number of aromatic nitrogens is 2. The van der Waals surface area contributed by atoms with Crippen molar-refractivity contribution in [3.8, 4) is 11.6 Å². The number of nitrogen functional groups attached to an aromatic ring is 1. The molecule has 0 saturated heterocycles. The highest BCUT2D eigenvalue weighted by molar-refractivity contribution is 6.33. The average molecular weight is 268 g/mol. The Labute approximate surface area is 107 Å². The number of hydrogen-bond donors (Lipinski definition) is 3. The van der Waals surface area contributed by atoms with Gasteiger partial charge in [0.05, 0.1) is 5.02 Å². The van der Waals surface area contributed by atoms with Crippen LogP contribution in [0.3, 0.4) is 0 Å². The summed E-state index contributed by atoms with van der Waals surface area (Å²) in [6.45, 7) is 1.79. The molecule has 18 heavy (non-hydrogen) atoms. The first-order chi connectivity index (χ1) is 8.47. The van der Waals surface area contributed by atoms with Crippen LogP contribution in [0.15, 0.2) is 18.2 Å². The van der Waals surface area contributed by atoms with Gasteiger partial charge in [0.15, 0.2) is 5.75 Å². The van der Waals surface area contributed by atoms with Crippen LogP contribution in [0, 0.1) is 6.92 Å². The molecule has 0 fully saturated rings. The maximum Gasteiger partial charge on any atom is 0.339 e. The predicted octanol–water partition coefficient (Wildman–Crippen LogP) is 2.44. The number of carbonyl (C=O) groups is 1. The molecule has 0 spiro atoms. The van der Waals surface area contributed by atoms with E-state index in [1.54, 1.807) is 13.0 Å².